The Balaban J connectivity index is 1.38. The number of methoxy groups -OCH3 is 2. The van der Waals surface area contributed by atoms with Crippen LogP contribution >= 0.6 is 11.3 Å². The van der Waals surface area contributed by atoms with Crippen LogP contribution in [0.1, 0.15) is 18.3 Å². The van der Waals surface area contributed by atoms with E-state index < -0.39 is 0 Å². The van der Waals surface area contributed by atoms with Crippen LogP contribution < -0.4 is 19.3 Å². The predicted molar refractivity (Wildman–Crippen MR) is 134 cm³/mol. The summed E-state index contributed by atoms with van der Waals surface area (Å²) in [5.41, 5.74) is 3.14. The molecule has 2 aromatic heterocycles. The van der Waals surface area contributed by atoms with Crippen molar-refractivity contribution in [1.29, 1.82) is 0 Å². The molecule has 9 heteroatoms. The molecule has 4 rings (SSSR count). The maximum absolute atomic E-state index is 5.43. The van der Waals surface area contributed by atoms with Gasteiger partial charge >= 0.3 is 0 Å². The number of hydrogen-bond donors (Lipinski definition) is 0. The highest BCUT2D eigenvalue weighted by atomic mass is 32.1. The van der Waals surface area contributed by atoms with E-state index in [-0.39, 0.29) is 0 Å². The van der Waals surface area contributed by atoms with Crippen molar-refractivity contribution < 1.29 is 9.47 Å². The van der Waals surface area contributed by atoms with E-state index in [2.05, 4.69) is 38.1 Å². The Morgan fingerprint density at radius 1 is 1.00 bits per heavy atom. The van der Waals surface area contributed by atoms with Gasteiger partial charge in [-0.1, -0.05) is 0 Å². The zero-order chi connectivity index (χ0) is 23.4. The summed E-state index contributed by atoms with van der Waals surface area (Å²) in [7, 11) is 5.33. The van der Waals surface area contributed by atoms with Gasteiger partial charge in [-0.05, 0) is 32.0 Å². The minimum absolute atomic E-state index is 0.719. The third-order valence-electron chi connectivity index (χ3n) is 5.91. The first-order valence-electron chi connectivity index (χ1n) is 11.2. The number of aryl methyl sites for hydroxylation is 1. The summed E-state index contributed by atoms with van der Waals surface area (Å²) in [6.45, 7) is 9.72. The van der Waals surface area contributed by atoms with Crippen molar-refractivity contribution in [2.45, 2.75) is 20.4 Å². The molecule has 3 heterocycles. The molecule has 0 saturated carbocycles. The smallest absolute Gasteiger partial charge is 0.227 e. The summed E-state index contributed by atoms with van der Waals surface area (Å²) in [5, 5.41) is 3.15. The van der Waals surface area contributed by atoms with Crippen molar-refractivity contribution in [3.63, 3.8) is 0 Å². The number of anilines is 2. The van der Waals surface area contributed by atoms with E-state index in [9.17, 15) is 0 Å². The normalized spacial score (nSPS) is 14.4. The molecule has 3 aromatic rings. The van der Waals surface area contributed by atoms with Crippen LogP contribution in [0.5, 0.6) is 11.5 Å². The maximum Gasteiger partial charge on any atom is 0.227 e. The van der Waals surface area contributed by atoms with Gasteiger partial charge in [-0.3, -0.25) is 4.90 Å². The average Bonchev–Trinajstić information content (AvgIpc) is 3.31. The predicted octanol–water partition coefficient (Wildman–Crippen LogP) is 3.70. The molecule has 0 N–H and O–H groups in total. The minimum Gasteiger partial charge on any atom is -0.493 e. The summed E-state index contributed by atoms with van der Waals surface area (Å²) in [6, 6.07) is 8.01. The molecule has 1 saturated heterocycles. The second kappa shape index (κ2) is 10.4. The standard InChI is InChI=1S/C24H32N6O2S/c1-6-28(3)24-25-17(2)13-22(27-24)30-11-9-29(10-12-30)15-19-16-33-23(26-19)18-7-8-20(31-4)21(14-18)32-5/h7-8,13-14,16H,6,9-12,15H2,1-5H3. The Morgan fingerprint density at radius 2 is 1.76 bits per heavy atom. The van der Waals surface area contributed by atoms with Crippen LogP contribution in [0.25, 0.3) is 10.6 Å². The number of thiazole rings is 1. The molecule has 1 aromatic carbocycles. The molecule has 176 valence electrons. The van der Waals surface area contributed by atoms with Gasteiger partial charge in [0, 0.05) is 69.0 Å². The van der Waals surface area contributed by atoms with Crippen LogP contribution in [-0.2, 0) is 6.54 Å². The lowest BCUT2D eigenvalue weighted by molar-refractivity contribution is 0.247. The number of piperazine rings is 1. The highest BCUT2D eigenvalue weighted by Gasteiger charge is 2.20. The highest BCUT2D eigenvalue weighted by molar-refractivity contribution is 7.13. The molecular formula is C24H32N6O2S. The lowest BCUT2D eigenvalue weighted by Crippen LogP contribution is -2.46. The van der Waals surface area contributed by atoms with Crippen molar-refractivity contribution in [3.8, 4) is 22.1 Å². The van der Waals surface area contributed by atoms with E-state index >= 15 is 0 Å². The molecule has 8 nitrogen and oxygen atoms in total. The fourth-order valence-electron chi connectivity index (χ4n) is 3.86. The fourth-order valence-corrected chi connectivity index (χ4v) is 4.66. The van der Waals surface area contributed by atoms with Gasteiger partial charge in [-0.25, -0.2) is 9.97 Å². The quantitative estimate of drug-likeness (QED) is 0.496. The second-order valence-electron chi connectivity index (χ2n) is 8.16. The van der Waals surface area contributed by atoms with E-state index in [4.69, 9.17) is 19.4 Å². The molecule has 0 aliphatic carbocycles. The van der Waals surface area contributed by atoms with Crippen LogP contribution in [-0.4, -0.2) is 73.8 Å². The average molecular weight is 469 g/mol. The van der Waals surface area contributed by atoms with Gasteiger partial charge in [-0.15, -0.1) is 11.3 Å². The monoisotopic (exact) mass is 468 g/mol. The first-order valence-corrected chi connectivity index (χ1v) is 12.1. The molecule has 0 atom stereocenters. The molecule has 0 unspecified atom stereocenters. The number of aromatic nitrogens is 3. The number of nitrogens with zero attached hydrogens (tertiary/aromatic N) is 6. The Hall–Kier alpha value is -2.91. The molecular weight excluding hydrogens is 436 g/mol. The van der Waals surface area contributed by atoms with Crippen molar-refractivity contribution in [2.75, 3.05) is 63.8 Å². The lowest BCUT2D eigenvalue weighted by atomic mass is 10.2. The van der Waals surface area contributed by atoms with E-state index in [1.165, 1.54) is 0 Å². The molecule has 0 spiro atoms. The number of hydrogen-bond acceptors (Lipinski definition) is 9. The van der Waals surface area contributed by atoms with Gasteiger partial charge < -0.3 is 19.3 Å². The number of ether oxygens (including phenoxy) is 2. The van der Waals surface area contributed by atoms with Gasteiger partial charge in [0.25, 0.3) is 0 Å². The highest BCUT2D eigenvalue weighted by Crippen LogP contribution is 2.33. The van der Waals surface area contributed by atoms with E-state index in [0.717, 1.165) is 84.5 Å². The maximum atomic E-state index is 5.43. The number of benzene rings is 1. The van der Waals surface area contributed by atoms with E-state index in [1.807, 2.05) is 32.2 Å². The molecule has 33 heavy (non-hydrogen) atoms. The van der Waals surface area contributed by atoms with Crippen molar-refractivity contribution in [3.05, 3.63) is 41.0 Å². The third-order valence-corrected chi connectivity index (χ3v) is 6.85. The third kappa shape index (κ3) is 5.36. The minimum atomic E-state index is 0.719. The van der Waals surface area contributed by atoms with Gasteiger partial charge in [0.05, 0.1) is 19.9 Å². The van der Waals surface area contributed by atoms with Crippen LogP contribution in [0.3, 0.4) is 0 Å². The Kier molecular flexibility index (Phi) is 7.29. The summed E-state index contributed by atoms with van der Waals surface area (Å²) in [5.74, 6) is 3.25. The van der Waals surface area contributed by atoms with E-state index in [0.29, 0.717) is 0 Å². The second-order valence-corrected chi connectivity index (χ2v) is 9.02. The van der Waals surface area contributed by atoms with Crippen LogP contribution in [0.4, 0.5) is 11.8 Å². The van der Waals surface area contributed by atoms with Gasteiger partial charge in [0.15, 0.2) is 11.5 Å². The summed E-state index contributed by atoms with van der Waals surface area (Å²) >= 11 is 1.66. The SMILES string of the molecule is CCN(C)c1nc(C)cc(N2CCN(Cc3csc(-c4ccc(OC)c(OC)c4)n3)CC2)n1. The molecule has 1 fully saturated rings. The van der Waals surface area contributed by atoms with Gasteiger partial charge in [0.2, 0.25) is 5.95 Å². The molecule has 1 aliphatic rings. The molecule has 0 amide bonds. The van der Waals surface area contributed by atoms with Crippen molar-refractivity contribution in [2.24, 2.45) is 0 Å². The topological polar surface area (TPSA) is 66.9 Å². The van der Waals surface area contributed by atoms with Crippen LogP contribution in [0, 0.1) is 6.92 Å². The largest absolute Gasteiger partial charge is 0.493 e. The summed E-state index contributed by atoms with van der Waals surface area (Å²) < 4.78 is 10.8. The van der Waals surface area contributed by atoms with Crippen molar-refractivity contribution >= 4 is 23.1 Å². The summed E-state index contributed by atoms with van der Waals surface area (Å²) in [4.78, 5) is 21.1. The first kappa shape index (κ1) is 23.3. The van der Waals surface area contributed by atoms with Gasteiger partial charge in [-0.2, -0.15) is 4.98 Å². The zero-order valence-corrected chi connectivity index (χ0v) is 20.9. The molecule has 0 radical (unpaired) electrons. The Morgan fingerprint density at radius 3 is 2.45 bits per heavy atom. The zero-order valence-electron chi connectivity index (χ0n) is 20.0. The first-order chi connectivity index (χ1) is 16.0. The number of rotatable bonds is 8. The fraction of sp³-hybridized carbons (Fsp3) is 0.458. The van der Waals surface area contributed by atoms with Gasteiger partial charge in [0.1, 0.15) is 10.8 Å². The molecule has 1 aliphatic heterocycles. The Labute approximate surface area is 199 Å². The Bertz CT molecular complexity index is 1080. The van der Waals surface area contributed by atoms with E-state index in [1.54, 1.807) is 25.6 Å². The van der Waals surface area contributed by atoms with Crippen molar-refractivity contribution in [1.82, 2.24) is 19.9 Å². The van der Waals surface area contributed by atoms with Crippen LogP contribution in [0.2, 0.25) is 0 Å². The summed E-state index contributed by atoms with van der Waals surface area (Å²) in [6.07, 6.45) is 0. The van der Waals surface area contributed by atoms with Crippen LogP contribution in [0.15, 0.2) is 29.6 Å². The molecule has 0 bridgehead atoms. The lowest BCUT2D eigenvalue weighted by Gasteiger charge is -2.35.